The summed E-state index contributed by atoms with van der Waals surface area (Å²) < 4.78 is 32.8. The van der Waals surface area contributed by atoms with E-state index in [9.17, 15) is 28.1 Å². The van der Waals surface area contributed by atoms with Crippen LogP contribution in [0.15, 0.2) is 77.7 Å². The Morgan fingerprint density at radius 2 is 1.67 bits per heavy atom. The number of non-ortho nitro benzene ring substituents is 1. The molecule has 0 spiro atoms. The Bertz CT molecular complexity index is 1290. The summed E-state index contributed by atoms with van der Waals surface area (Å²) in [4.78, 5) is 34.8. The van der Waals surface area contributed by atoms with Crippen molar-refractivity contribution in [1.29, 1.82) is 0 Å². The number of Topliss-reactive ketones (excluding diaryl/α,β-unsaturated/α-hetero) is 1. The number of sulfonamides is 1. The zero-order valence-corrected chi connectivity index (χ0v) is 18.4. The molecule has 3 rings (SSSR count). The Kier molecular flexibility index (Phi) is 7.31. The van der Waals surface area contributed by atoms with Crippen LogP contribution in [0.4, 0.5) is 5.69 Å². The third kappa shape index (κ3) is 6.09. The molecule has 0 aliphatic heterocycles. The average molecular weight is 468 g/mol. The number of benzene rings is 3. The van der Waals surface area contributed by atoms with E-state index in [1.807, 2.05) is 6.07 Å². The van der Waals surface area contributed by atoms with Crippen molar-refractivity contribution in [2.24, 2.45) is 0 Å². The van der Waals surface area contributed by atoms with Crippen molar-refractivity contribution in [2.45, 2.75) is 18.4 Å². The van der Waals surface area contributed by atoms with Crippen LogP contribution in [0.25, 0.3) is 0 Å². The number of hydrogen-bond acceptors (Lipinski definition) is 7. The van der Waals surface area contributed by atoms with E-state index >= 15 is 0 Å². The summed E-state index contributed by atoms with van der Waals surface area (Å²) in [7, 11) is -3.90. The van der Waals surface area contributed by atoms with Gasteiger partial charge in [-0.05, 0) is 42.3 Å². The van der Waals surface area contributed by atoms with Gasteiger partial charge >= 0.3 is 5.97 Å². The molecule has 9 nitrogen and oxygen atoms in total. The van der Waals surface area contributed by atoms with Crippen LogP contribution in [0.5, 0.6) is 0 Å². The van der Waals surface area contributed by atoms with E-state index in [0.29, 0.717) is 5.56 Å². The lowest BCUT2D eigenvalue weighted by molar-refractivity contribution is -0.384. The Morgan fingerprint density at radius 3 is 2.30 bits per heavy atom. The van der Waals surface area contributed by atoms with Gasteiger partial charge in [-0.15, -0.1) is 0 Å². The maximum absolute atomic E-state index is 12.7. The molecule has 170 valence electrons. The molecule has 0 aromatic heterocycles. The Balaban J connectivity index is 1.68. The molecular weight excluding hydrogens is 448 g/mol. The van der Waals surface area contributed by atoms with E-state index < -0.39 is 33.3 Å². The predicted molar refractivity (Wildman–Crippen MR) is 119 cm³/mol. The summed E-state index contributed by atoms with van der Waals surface area (Å²) in [5.41, 5.74) is 1.24. The van der Waals surface area contributed by atoms with E-state index in [1.165, 1.54) is 42.5 Å². The number of rotatable bonds is 9. The first kappa shape index (κ1) is 23.8. The number of nitro groups is 1. The van der Waals surface area contributed by atoms with Crippen molar-refractivity contribution < 1.29 is 27.7 Å². The molecule has 0 bridgehead atoms. The highest BCUT2D eigenvalue weighted by atomic mass is 32.2. The fraction of sp³-hybridized carbons (Fsp3) is 0.130. The number of hydrogen-bond donors (Lipinski definition) is 1. The van der Waals surface area contributed by atoms with Crippen LogP contribution in [-0.4, -0.2) is 31.7 Å². The standard InChI is InChI=1S/C23H20N2O7S/c1-16-7-12-20(33(30,31)24-14-17-5-3-2-4-6-17)13-21(16)23(27)32-15-22(26)18-8-10-19(11-9-18)25(28)29/h2-13,24H,14-15H2,1H3. The molecule has 0 radical (unpaired) electrons. The van der Waals surface area contributed by atoms with Crippen LogP contribution >= 0.6 is 0 Å². The summed E-state index contributed by atoms with van der Waals surface area (Å²) in [6.45, 7) is 1.10. The van der Waals surface area contributed by atoms with Crippen LogP contribution in [0, 0.1) is 17.0 Å². The van der Waals surface area contributed by atoms with Gasteiger partial charge in [0.2, 0.25) is 10.0 Å². The van der Waals surface area contributed by atoms with Gasteiger partial charge < -0.3 is 4.74 Å². The number of carbonyl (C=O) groups is 2. The van der Waals surface area contributed by atoms with Gasteiger partial charge in [-0.25, -0.2) is 17.9 Å². The highest BCUT2D eigenvalue weighted by Crippen LogP contribution is 2.18. The number of carbonyl (C=O) groups excluding carboxylic acids is 2. The minimum atomic E-state index is -3.90. The molecule has 0 amide bonds. The number of nitro benzene ring substituents is 1. The number of nitrogens with one attached hydrogen (secondary N) is 1. The summed E-state index contributed by atoms with van der Waals surface area (Å²) >= 11 is 0. The molecule has 1 N–H and O–H groups in total. The van der Waals surface area contributed by atoms with Crippen molar-refractivity contribution in [2.75, 3.05) is 6.61 Å². The van der Waals surface area contributed by atoms with Crippen LogP contribution in [-0.2, 0) is 21.3 Å². The lowest BCUT2D eigenvalue weighted by Crippen LogP contribution is -2.24. The largest absolute Gasteiger partial charge is 0.454 e. The quantitative estimate of drug-likeness (QED) is 0.220. The van der Waals surface area contributed by atoms with E-state index in [4.69, 9.17) is 4.74 Å². The number of esters is 1. The van der Waals surface area contributed by atoms with Gasteiger partial charge in [0, 0.05) is 24.2 Å². The maximum atomic E-state index is 12.7. The topological polar surface area (TPSA) is 133 Å². The SMILES string of the molecule is Cc1ccc(S(=O)(=O)NCc2ccccc2)cc1C(=O)OCC(=O)c1ccc([N+](=O)[O-])cc1. The monoisotopic (exact) mass is 468 g/mol. The average Bonchev–Trinajstić information content (AvgIpc) is 2.82. The lowest BCUT2D eigenvalue weighted by atomic mass is 10.1. The summed E-state index contributed by atoms with van der Waals surface area (Å²) in [5.74, 6) is -1.41. The maximum Gasteiger partial charge on any atom is 0.338 e. The first-order chi connectivity index (χ1) is 15.7. The van der Waals surface area contributed by atoms with Crippen molar-refractivity contribution in [3.8, 4) is 0 Å². The van der Waals surface area contributed by atoms with E-state index in [-0.39, 0.29) is 28.3 Å². The van der Waals surface area contributed by atoms with Crippen molar-refractivity contribution >= 4 is 27.5 Å². The number of aryl methyl sites for hydroxylation is 1. The van der Waals surface area contributed by atoms with Crippen LogP contribution in [0.1, 0.15) is 31.8 Å². The lowest BCUT2D eigenvalue weighted by Gasteiger charge is -2.11. The molecule has 0 aliphatic rings. The van der Waals surface area contributed by atoms with Crippen LogP contribution in [0.3, 0.4) is 0 Å². The zero-order valence-electron chi connectivity index (χ0n) is 17.6. The van der Waals surface area contributed by atoms with E-state index in [2.05, 4.69) is 4.72 Å². The molecule has 0 atom stereocenters. The molecule has 0 saturated carbocycles. The minimum absolute atomic E-state index is 0.00841. The number of ether oxygens (including phenoxy) is 1. The van der Waals surface area contributed by atoms with Gasteiger partial charge in [-0.1, -0.05) is 36.4 Å². The van der Waals surface area contributed by atoms with Gasteiger partial charge in [0.25, 0.3) is 5.69 Å². The molecular formula is C23H20N2O7S. The smallest absolute Gasteiger partial charge is 0.338 e. The summed E-state index contributed by atoms with van der Waals surface area (Å²) in [5, 5.41) is 10.7. The van der Waals surface area contributed by atoms with Crippen molar-refractivity contribution in [3.63, 3.8) is 0 Å². The van der Waals surface area contributed by atoms with Gasteiger partial charge in [0.1, 0.15) is 0 Å². The Morgan fingerprint density at radius 1 is 1.00 bits per heavy atom. The summed E-state index contributed by atoms with van der Waals surface area (Å²) in [6, 6.07) is 17.9. The predicted octanol–water partition coefficient (Wildman–Crippen LogP) is 3.42. The first-order valence-corrected chi connectivity index (χ1v) is 11.2. The normalized spacial score (nSPS) is 11.1. The van der Waals surface area contributed by atoms with Crippen molar-refractivity contribution in [3.05, 3.63) is 105 Å². The van der Waals surface area contributed by atoms with E-state index in [0.717, 1.165) is 5.56 Å². The van der Waals surface area contributed by atoms with Gasteiger partial charge in [0.05, 0.1) is 15.4 Å². The fourth-order valence-electron chi connectivity index (χ4n) is 2.91. The number of nitrogens with zero attached hydrogens (tertiary/aromatic N) is 1. The molecule has 0 saturated heterocycles. The highest BCUT2D eigenvalue weighted by molar-refractivity contribution is 7.89. The van der Waals surface area contributed by atoms with Crippen LogP contribution < -0.4 is 4.72 Å². The third-order valence-corrected chi connectivity index (χ3v) is 6.18. The molecule has 33 heavy (non-hydrogen) atoms. The minimum Gasteiger partial charge on any atom is -0.454 e. The molecule has 0 fully saturated rings. The Hall–Kier alpha value is -3.89. The molecule has 0 heterocycles. The van der Waals surface area contributed by atoms with Crippen molar-refractivity contribution in [1.82, 2.24) is 4.72 Å². The molecule has 3 aromatic rings. The van der Waals surface area contributed by atoms with Gasteiger partial charge in [0.15, 0.2) is 12.4 Å². The molecule has 0 unspecified atom stereocenters. The fourth-order valence-corrected chi connectivity index (χ4v) is 3.95. The second kappa shape index (κ2) is 10.2. The summed E-state index contributed by atoms with van der Waals surface area (Å²) in [6.07, 6.45) is 0. The van der Waals surface area contributed by atoms with Gasteiger partial charge in [-0.2, -0.15) is 0 Å². The molecule has 0 aliphatic carbocycles. The number of ketones is 1. The second-order valence-electron chi connectivity index (χ2n) is 7.09. The molecule has 3 aromatic carbocycles. The van der Waals surface area contributed by atoms with E-state index in [1.54, 1.807) is 31.2 Å². The first-order valence-electron chi connectivity index (χ1n) is 9.76. The third-order valence-electron chi connectivity index (χ3n) is 4.78. The molecule has 10 heteroatoms. The Labute approximate surface area is 190 Å². The highest BCUT2D eigenvalue weighted by Gasteiger charge is 2.20. The van der Waals surface area contributed by atoms with Gasteiger partial charge in [-0.3, -0.25) is 14.9 Å². The zero-order chi connectivity index (χ0) is 24.0. The second-order valence-corrected chi connectivity index (χ2v) is 8.86. The van der Waals surface area contributed by atoms with Crippen LogP contribution in [0.2, 0.25) is 0 Å².